The number of anilines is 1. The minimum absolute atomic E-state index is 0.0417. The Hall–Kier alpha value is -3.06. The molecule has 3 rings (SSSR count). The number of hydrogen-bond donors (Lipinski definition) is 2. The van der Waals surface area contributed by atoms with Crippen molar-refractivity contribution in [2.75, 3.05) is 5.32 Å². The number of fused-ring (bicyclic) bond motifs is 1. The average molecular weight is 357 g/mol. The lowest BCUT2D eigenvalue weighted by Crippen LogP contribution is -2.10. The molecule has 0 saturated carbocycles. The Labute approximate surface area is 144 Å². The SMILES string of the molecule is CC(=O)Nc1ccc(S(=O)(=O)Oc2ccc(O)c3ccccc23)cc1. The molecule has 0 atom stereocenters. The quantitative estimate of drug-likeness (QED) is 0.699. The first-order chi connectivity index (χ1) is 11.9. The molecule has 2 N–H and O–H groups in total. The molecule has 0 aliphatic carbocycles. The molecule has 0 spiro atoms. The van der Waals surface area contributed by atoms with E-state index in [2.05, 4.69) is 5.32 Å². The van der Waals surface area contributed by atoms with Gasteiger partial charge in [-0.15, -0.1) is 0 Å². The Morgan fingerprint density at radius 1 is 0.960 bits per heavy atom. The summed E-state index contributed by atoms with van der Waals surface area (Å²) in [5, 5.41) is 13.4. The number of carbonyl (C=O) groups excluding carboxylic acids is 1. The first-order valence-corrected chi connectivity index (χ1v) is 8.80. The zero-order valence-corrected chi connectivity index (χ0v) is 14.1. The largest absolute Gasteiger partial charge is 0.507 e. The van der Waals surface area contributed by atoms with Crippen molar-refractivity contribution in [3.8, 4) is 11.5 Å². The highest BCUT2D eigenvalue weighted by atomic mass is 32.2. The predicted molar refractivity (Wildman–Crippen MR) is 94.2 cm³/mol. The van der Waals surface area contributed by atoms with E-state index in [1.807, 2.05) is 0 Å². The van der Waals surface area contributed by atoms with Gasteiger partial charge in [-0.1, -0.05) is 24.3 Å². The van der Waals surface area contributed by atoms with Crippen LogP contribution >= 0.6 is 0 Å². The van der Waals surface area contributed by atoms with Gasteiger partial charge in [0.1, 0.15) is 10.6 Å². The number of aromatic hydroxyl groups is 1. The van der Waals surface area contributed by atoms with Crippen LogP contribution in [0.2, 0.25) is 0 Å². The number of nitrogens with one attached hydrogen (secondary N) is 1. The molecule has 0 aromatic heterocycles. The fourth-order valence-electron chi connectivity index (χ4n) is 2.40. The highest BCUT2D eigenvalue weighted by Crippen LogP contribution is 2.33. The number of rotatable bonds is 4. The van der Waals surface area contributed by atoms with Gasteiger partial charge >= 0.3 is 10.1 Å². The summed E-state index contributed by atoms with van der Waals surface area (Å²) in [7, 11) is -4.06. The van der Waals surface area contributed by atoms with Crippen LogP contribution in [0.4, 0.5) is 5.69 Å². The molecule has 0 heterocycles. The maximum absolute atomic E-state index is 12.5. The third-order valence-corrected chi connectivity index (χ3v) is 4.77. The van der Waals surface area contributed by atoms with Crippen LogP contribution in [0.15, 0.2) is 65.6 Å². The molecule has 0 bridgehead atoms. The summed E-state index contributed by atoms with van der Waals surface area (Å²) in [4.78, 5) is 11.0. The first kappa shape index (κ1) is 16.8. The maximum Gasteiger partial charge on any atom is 0.339 e. The van der Waals surface area contributed by atoms with E-state index < -0.39 is 10.1 Å². The van der Waals surface area contributed by atoms with Crippen LogP contribution in [0.1, 0.15) is 6.92 Å². The van der Waals surface area contributed by atoms with E-state index in [9.17, 15) is 18.3 Å². The van der Waals surface area contributed by atoms with Gasteiger partial charge in [-0.2, -0.15) is 8.42 Å². The molecule has 0 fully saturated rings. The summed E-state index contributed by atoms with van der Waals surface area (Å²) in [6.45, 7) is 1.36. The predicted octanol–water partition coefficient (Wildman–Crippen LogP) is 3.27. The molecule has 0 unspecified atom stereocenters. The van der Waals surface area contributed by atoms with Crippen molar-refractivity contribution >= 4 is 32.5 Å². The van der Waals surface area contributed by atoms with Crippen LogP contribution < -0.4 is 9.50 Å². The van der Waals surface area contributed by atoms with Crippen molar-refractivity contribution < 1.29 is 22.5 Å². The van der Waals surface area contributed by atoms with E-state index in [0.29, 0.717) is 16.5 Å². The molecular weight excluding hydrogens is 342 g/mol. The van der Waals surface area contributed by atoms with Gasteiger partial charge in [0.05, 0.1) is 0 Å². The first-order valence-electron chi connectivity index (χ1n) is 7.40. The van der Waals surface area contributed by atoms with Crippen LogP contribution in [-0.2, 0) is 14.9 Å². The molecule has 0 aliphatic rings. The Balaban J connectivity index is 1.94. The Morgan fingerprint density at radius 2 is 1.60 bits per heavy atom. The molecule has 7 heteroatoms. The fraction of sp³-hybridized carbons (Fsp3) is 0.0556. The van der Waals surface area contributed by atoms with Gasteiger partial charge < -0.3 is 14.6 Å². The van der Waals surface area contributed by atoms with E-state index in [0.717, 1.165) is 0 Å². The minimum Gasteiger partial charge on any atom is -0.507 e. The van der Waals surface area contributed by atoms with Crippen molar-refractivity contribution in [2.24, 2.45) is 0 Å². The maximum atomic E-state index is 12.5. The average Bonchev–Trinajstić information content (AvgIpc) is 2.57. The molecule has 1 amide bonds. The smallest absolute Gasteiger partial charge is 0.339 e. The van der Waals surface area contributed by atoms with Crippen molar-refractivity contribution in [2.45, 2.75) is 11.8 Å². The van der Waals surface area contributed by atoms with Gasteiger partial charge in [-0.3, -0.25) is 4.79 Å². The van der Waals surface area contributed by atoms with Gasteiger partial charge in [0, 0.05) is 23.4 Å². The van der Waals surface area contributed by atoms with Crippen molar-refractivity contribution in [3.05, 3.63) is 60.7 Å². The number of amides is 1. The van der Waals surface area contributed by atoms with Crippen LogP contribution in [0.25, 0.3) is 10.8 Å². The van der Waals surface area contributed by atoms with Crippen molar-refractivity contribution in [3.63, 3.8) is 0 Å². The Bertz CT molecular complexity index is 1040. The van der Waals surface area contributed by atoms with Crippen molar-refractivity contribution in [1.29, 1.82) is 0 Å². The monoisotopic (exact) mass is 357 g/mol. The van der Waals surface area contributed by atoms with E-state index in [-0.39, 0.29) is 22.3 Å². The lowest BCUT2D eigenvalue weighted by atomic mass is 10.1. The molecule has 25 heavy (non-hydrogen) atoms. The molecule has 0 aliphatic heterocycles. The topological polar surface area (TPSA) is 92.7 Å². The zero-order chi connectivity index (χ0) is 18.0. The highest BCUT2D eigenvalue weighted by molar-refractivity contribution is 7.87. The van der Waals surface area contributed by atoms with E-state index in [4.69, 9.17) is 4.18 Å². The van der Waals surface area contributed by atoms with E-state index in [1.165, 1.54) is 43.3 Å². The summed E-state index contributed by atoms with van der Waals surface area (Å²) in [5.41, 5.74) is 0.488. The van der Waals surface area contributed by atoms with Gasteiger partial charge in [0.2, 0.25) is 5.91 Å². The van der Waals surface area contributed by atoms with Crippen LogP contribution in [0.3, 0.4) is 0 Å². The summed E-state index contributed by atoms with van der Waals surface area (Å²) >= 11 is 0. The van der Waals surface area contributed by atoms with Crippen LogP contribution in [-0.4, -0.2) is 19.4 Å². The molecule has 0 radical (unpaired) electrons. The normalized spacial score (nSPS) is 11.2. The Kier molecular flexibility index (Phi) is 4.33. The summed E-state index contributed by atoms with van der Waals surface area (Å²) in [5.74, 6) is -0.0817. The summed E-state index contributed by atoms with van der Waals surface area (Å²) < 4.78 is 30.2. The van der Waals surface area contributed by atoms with Gasteiger partial charge in [0.25, 0.3) is 0 Å². The molecule has 0 saturated heterocycles. The van der Waals surface area contributed by atoms with Crippen molar-refractivity contribution in [1.82, 2.24) is 0 Å². The molecule has 3 aromatic rings. The number of carbonyl (C=O) groups is 1. The number of phenols is 1. The van der Waals surface area contributed by atoms with E-state index >= 15 is 0 Å². The highest BCUT2D eigenvalue weighted by Gasteiger charge is 2.18. The van der Waals surface area contributed by atoms with Gasteiger partial charge in [-0.05, 0) is 36.4 Å². The lowest BCUT2D eigenvalue weighted by molar-refractivity contribution is -0.114. The standard InChI is InChI=1S/C18H15NO5S/c1-12(20)19-13-6-8-14(9-7-13)25(22,23)24-18-11-10-17(21)15-4-2-3-5-16(15)18/h2-11,21H,1H3,(H,19,20). The second-order valence-electron chi connectivity index (χ2n) is 5.37. The Morgan fingerprint density at radius 3 is 2.24 bits per heavy atom. The summed E-state index contributed by atoms with van der Waals surface area (Å²) in [6, 6.07) is 15.2. The fourth-order valence-corrected chi connectivity index (χ4v) is 3.35. The molecular formula is C18H15NO5S. The lowest BCUT2D eigenvalue weighted by Gasteiger charge is -2.11. The second kappa shape index (κ2) is 6.45. The van der Waals surface area contributed by atoms with E-state index in [1.54, 1.807) is 24.3 Å². The van der Waals surface area contributed by atoms with Crippen LogP contribution in [0, 0.1) is 0 Å². The van der Waals surface area contributed by atoms with Gasteiger partial charge in [0.15, 0.2) is 5.75 Å². The molecule has 128 valence electrons. The zero-order valence-electron chi connectivity index (χ0n) is 13.3. The third kappa shape index (κ3) is 3.56. The minimum atomic E-state index is -4.06. The summed E-state index contributed by atoms with van der Waals surface area (Å²) in [6.07, 6.45) is 0. The number of hydrogen-bond acceptors (Lipinski definition) is 5. The number of benzene rings is 3. The second-order valence-corrected chi connectivity index (χ2v) is 6.92. The molecule has 6 nitrogen and oxygen atoms in total. The van der Waals surface area contributed by atoms with Crippen LogP contribution in [0.5, 0.6) is 11.5 Å². The van der Waals surface area contributed by atoms with Gasteiger partial charge in [-0.25, -0.2) is 0 Å². The number of phenolic OH excluding ortho intramolecular Hbond substituents is 1. The third-order valence-electron chi connectivity index (χ3n) is 3.52. The molecule has 3 aromatic carbocycles.